The summed E-state index contributed by atoms with van der Waals surface area (Å²) in [6, 6.07) is 7.31. The maximum atomic E-state index is 11.5. The van der Waals surface area contributed by atoms with Gasteiger partial charge in [-0.2, -0.15) is 0 Å². The Bertz CT molecular complexity index is 517. The molecule has 0 spiro atoms. The zero-order chi connectivity index (χ0) is 13.5. The average molecular weight is 277 g/mol. The van der Waals surface area contributed by atoms with Crippen LogP contribution in [0.2, 0.25) is 0 Å². The van der Waals surface area contributed by atoms with Gasteiger partial charge in [0.15, 0.2) is 0 Å². The molecule has 0 bridgehead atoms. The molecule has 4 nitrogen and oxygen atoms in total. The molecular formula is C14H15NO3S. The van der Waals surface area contributed by atoms with Gasteiger partial charge in [-0.05, 0) is 36.1 Å². The smallest absolute Gasteiger partial charge is 0.244 e. The van der Waals surface area contributed by atoms with Crippen molar-refractivity contribution in [2.75, 3.05) is 6.54 Å². The molecule has 0 aliphatic rings. The predicted molar refractivity (Wildman–Crippen MR) is 74.6 cm³/mol. The summed E-state index contributed by atoms with van der Waals surface area (Å²) in [6.45, 7) is 0.431. The van der Waals surface area contributed by atoms with E-state index in [4.69, 9.17) is 4.42 Å². The number of furan rings is 1. The van der Waals surface area contributed by atoms with Crippen LogP contribution in [0.1, 0.15) is 23.2 Å². The molecule has 5 heteroatoms. The topological polar surface area (TPSA) is 62.5 Å². The van der Waals surface area contributed by atoms with Crippen LogP contribution < -0.4 is 5.32 Å². The molecule has 2 N–H and O–H groups in total. The lowest BCUT2D eigenvalue weighted by atomic mass is 10.2. The maximum absolute atomic E-state index is 11.5. The van der Waals surface area contributed by atoms with E-state index < -0.39 is 6.10 Å². The van der Waals surface area contributed by atoms with Gasteiger partial charge < -0.3 is 14.8 Å². The fourth-order valence-electron chi connectivity index (χ4n) is 1.56. The zero-order valence-corrected chi connectivity index (χ0v) is 11.1. The summed E-state index contributed by atoms with van der Waals surface area (Å²) in [6.07, 6.45) is 4.55. The fraction of sp³-hybridized carbons (Fsp3) is 0.214. The number of thiophene rings is 1. The Morgan fingerprint density at radius 1 is 1.47 bits per heavy atom. The number of amides is 1. The van der Waals surface area contributed by atoms with Crippen molar-refractivity contribution in [3.63, 3.8) is 0 Å². The van der Waals surface area contributed by atoms with Crippen LogP contribution in [0.15, 0.2) is 46.4 Å². The van der Waals surface area contributed by atoms with Gasteiger partial charge in [-0.25, -0.2) is 0 Å². The number of nitrogens with one attached hydrogen (secondary N) is 1. The molecule has 100 valence electrons. The Labute approximate surface area is 115 Å². The van der Waals surface area contributed by atoms with E-state index in [1.54, 1.807) is 24.5 Å². The van der Waals surface area contributed by atoms with Crippen molar-refractivity contribution in [1.82, 2.24) is 5.32 Å². The van der Waals surface area contributed by atoms with E-state index in [0.717, 1.165) is 4.88 Å². The lowest BCUT2D eigenvalue weighted by Crippen LogP contribution is -2.23. The molecular weight excluding hydrogens is 262 g/mol. The molecule has 0 unspecified atom stereocenters. The SMILES string of the molecule is O=C(/C=C/c1ccco1)NCC[C@@H](O)c1cccs1. The summed E-state index contributed by atoms with van der Waals surface area (Å²) < 4.78 is 5.07. The highest BCUT2D eigenvalue weighted by Crippen LogP contribution is 2.20. The fourth-order valence-corrected chi connectivity index (χ4v) is 2.30. The summed E-state index contributed by atoms with van der Waals surface area (Å²) in [7, 11) is 0. The van der Waals surface area contributed by atoms with Crippen molar-refractivity contribution in [2.45, 2.75) is 12.5 Å². The average Bonchev–Trinajstić information content (AvgIpc) is 3.09. The predicted octanol–water partition coefficient (Wildman–Crippen LogP) is 2.59. The zero-order valence-electron chi connectivity index (χ0n) is 10.3. The molecule has 0 aliphatic heterocycles. The molecule has 1 amide bonds. The summed E-state index contributed by atoms with van der Waals surface area (Å²) in [4.78, 5) is 12.4. The first-order valence-electron chi connectivity index (χ1n) is 5.96. The highest BCUT2D eigenvalue weighted by Gasteiger charge is 2.08. The summed E-state index contributed by atoms with van der Waals surface area (Å²) in [5.74, 6) is 0.434. The number of aliphatic hydroxyl groups is 1. The monoisotopic (exact) mass is 277 g/mol. The van der Waals surface area contributed by atoms with Crippen molar-refractivity contribution < 1.29 is 14.3 Å². The molecule has 0 saturated heterocycles. The molecule has 0 fully saturated rings. The van der Waals surface area contributed by atoms with Gasteiger partial charge in [0, 0.05) is 17.5 Å². The van der Waals surface area contributed by atoms with E-state index in [2.05, 4.69) is 5.32 Å². The molecule has 0 saturated carbocycles. The van der Waals surface area contributed by atoms with Crippen LogP contribution in [-0.2, 0) is 4.79 Å². The quantitative estimate of drug-likeness (QED) is 0.798. The molecule has 19 heavy (non-hydrogen) atoms. The van der Waals surface area contributed by atoms with E-state index in [1.807, 2.05) is 17.5 Å². The van der Waals surface area contributed by atoms with Crippen molar-refractivity contribution in [1.29, 1.82) is 0 Å². The highest BCUT2D eigenvalue weighted by atomic mass is 32.1. The summed E-state index contributed by atoms with van der Waals surface area (Å²) in [5.41, 5.74) is 0. The number of aliphatic hydroxyl groups excluding tert-OH is 1. The number of rotatable bonds is 6. The van der Waals surface area contributed by atoms with E-state index in [9.17, 15) is 9.90 Å². The third-order valence-corrected chi connectivity index (χ3v) is 3.50. The maximum Gasteiger partial charge on any atom is 0.244 e. The Balaban J connectivity index is 1.69. The van der Waals surface area contributed by atoms with Gasteiger partial charge in [0.25, 0.3) is 0 Å². The van der Waals surface area contributed by atoms with E-state index in [1.165, 1.54) is 17.4 Å². The van der Waals surface area contributed by atoms with Gasteiger partial charge >= 0.3 is 0 Å². The second-order valence-electron chi connectivity index (χ2n) is 3.96. The number of carbonyl (C=O) groups is 1. The normalized spacial score (nSPS) is 12.7. The van der Waals surface area contributed by atoms with Crippen LogP contribution in [0.25, 0.3) is 6.08 Å². The first-order chi connectivity index (χ1) is 9.25. The molecule has 2 rings (SSSR count). The van der Waals surface area contributed by atoms with Gasteiger partial charge in [-0.1, -0.05) is 6.07 Å². The van der Waals surface area contributed by atoms with Crippen molar-refractivity contribution >= 4 is 23.3 Å². The number of hydrogen-bond donors (Lipinski definition) is 2. The first kappa shape index (κ1) is 13.6. The van der Waals surface area contributed by atoms with Gasteiger partial charge in [0.1, 0.15) is 5.76 Å². The minimum atomic E-state index is -0.519. The third kappa shape index (κ3) is 4.39. The summed E-state index contributed by atoms with van der Waals surface area (Å²) in [5, 5.41) is 14.5. The van der Waals surface area contributed by atoms with Crippen LogP contribution >= 0.6 is 11.3 Å². The van der Waals surface area contributed by atoms with E-state index >= 15 is 0 Å². The minimum absolute atomic E-state index is 0.199. The molecule has 2 aromatic heterocycles. The molecule has 0 aromatic carbocycles. The Morgan fingerprint density at radius 3 is 3.05 bits per heavy atom. The van der Waals surface area contributed by atoms with Gasteiger partial charge in [0.2, 0.25) is 5.91 Å². The molecule has 2 aromatic rings. The van der Waals surface area contributed by atoms with Gasteiger partial charge in [-0.3, -0.25) is 4.79 Å². The lowest BCUT2D eigenvalue weighted by Gasteiger charge is -2.08. The molecule has 1 atom stereocenters. The number of carbonyl (C=O) groups excluding carboxylic acids is 1. The minimum Gasteiger partial charge on any atom is -0.465 e. The van der Waals surface area contributed by atoms with Crippen LogP contribution in [0.5, 0.6) is 0 Å². The molecule has 0 aliphatic carbocycles. The summed E-state index contributed by atoms with van der Waals surface area (Å²) >= 11 is 1.51. The van der Waals surface area contributed by atoms with Crippen LogP contribution in [0.3, 0.4) is 0 Å². The van der Waals surface area contributed by atoms with Crippen LogP contribution in [0.4, 0.5) is 0 Å². The third-order valence-electron chi connectivity index (χ3n) is 2.53. The van der Waals surface area contributed by atoms with Crippen molar-refractivity contribution in [3.05, 3.63) is 52.6 Å². The number of hydrogen-bond acceptors (Lipinski definition) is 4. The van der Waals surface area contributed by atoms with Crippen molar-refractivity contribution in [2.24, 2.45) is 0 Å². The van der Waals surface area contributed by atoms with Crippen LogP contribution in [0, 0.1) is 0 Å². The molecule has 2 heterocycles. The van der Waals surface area contributed by atoms with Gasteiger partial charge in [0.05, 0.1) is 12.4 Å². The highest BCUT2D eigenvalue weighted by molar-refractivity contribution is 7.10. The Morgan fingerprint density at radius 2 is 2.37 bits per heavy atom. The molecule has 0 radical (unpaired) electrons. The Hall–Kier alpha value is -1.85. The van der Waals surface area contributed by atoms with Crippen LogP contribution in [-0.4, -0.2) is 17.6 Å². The second kappa shape index (κ2) is 6.92. The first-order valence-corrected chi connectivity index (χ1v) is 6.84. The standard InChI is InChI=1S/C14H15NO3S/c16-12(13-4-2-10-19-13)7-8-15-14(17)6-5-11-3-1-9-18-11/h1-6,9-10,12,16H,7-8H2,(H,15,17)/b6-5+/t12-/m1/s1. The van der Waals surface area contributed by atoms with E-state index in [0.29, 0.717) is 18.7 Å². The Kier molecular flexibility index (Phi) is 4.94. The van der Waals surface area contributed by atoms with E-state index in [-0.39, 0.29) is 5.91 Å². The largest absolute Gasteiger partial charge is 0.465 e. The lowest BCUT2D eigenvalue weighted by molar-refractivity contribution is -0.116. The van der Waals surface area contributed by atoms with Crippen molar-refractivity contribution in [3.8, 4) is 0 Å². The second-order valence-corrected chi connectivity index (χ2v) is 4.94. The van der Waals surface area contributed by atoms with Gasteiger partial charge in [-0.15, -0.1) is 11.3 Å².